The molecule has 0 heterocycles. The van der Waals surface area contributed by atoms with E-state index in [0.29, 0.717) is 18.1 Å². The Hall–Kier alpha value is -2.34. The minimum absolute atomic E-state index is 0.139. The molecule has 0 aliphatic carbocycles. The summed E-state index contributed by atoms with van der Waals surface area (Å²) in [6.45, 7) is 2.28. The number of hydrazone groups is 1. The van der Waals surface area contributed by atoms with E-state index in [4.69, 9.17) is 9.47 Å². The van der Waals surface area contributed by atoms with Crippen molar-refractivity contribution in [1.82, 2.24) is 5.43 Å². The van der Waals surface area contributed by atoms with Gasteiger partial charge >= 0.3 is 0 Å². The molecule has 2 aromatic rings. The number of hydrogen-bond acceptors (Lipinski definition) is 4. The minimum atomic E-state index is -0.345. The molecule has 0 aromatic heterocycles. The molecule has 0 fully saturated rings. The lowest BCUT2D eigenvalue weighted by Gasteiger charge is -2.10. The van der Waals surface area contributed by atoms with Crippen molar-refractivity contribution in [2.24, 2.45) is 5.10 Å². The quantitative estimate of drug-likeness (QED) is 0.595. The van der Waals surface area contributed by atoms with E-state index in [1.54, 1.807) is 18.3 Å². The van der Waals surface area contributed by atoms with E-state index in [0.717, 1.165) is 10.0 Å². The van der Waals surface area contributed by atoms with Crippen molar-refractivity contribution in [2.45, 2.75) is 6.92 Å². The van der Waals surface area contributed by atoms with E-state index in [9.17, 15) is 4.79 Å². The highest BCUT2D eigenvalue weighted by Gasteiger charge is 2.06. The Labute approximate surface area is 143 Å². The summed E-state index contributed by atoms with van der Waals surface area (Å²) in [4.78, 5) is 11.7. The Balaban J connectivity index is 1.84. The van der Waals surface area contributed by atoms with Crippen LogP contribution >= 0.6 is 15.9 Å². The number of carbonyl (C=O) groups excluding carboxylic acids is 1. The maximum Gasteiger partial charge on any atom is 0.277 e. The number of para-hydroxylation sites is 2. The molecule has 0 saturated carbocycles. The molecule has 1 amide bonds. The summed E-state index contributed by atoms with van der Waals surface area (Å²) in [6.07, 6.45) is 1.57. The Morgan fingerprint density at radius 3 is 2.61 bits per heavy atom. The molecular formula is C17H17BrN2O3. The van der Waals surface area contributed by atoms with Crippen molar-refractivity contribution in [1.29, 1.82) is 0 Å². The first-order chi connectivity index (χ1) is 11.2. The third kappa shape index (κ3) is 5.75. The summed E-state index contributed by atoms with van der Waals surface area (Å²) in [5.74, 6) is 0.795. The first-order valence-electron chi connectivity index (χ1n) is 7.11. The molecule has 0 atom stereocenters. The van der Waals surface area contributed by atoms with E-state index in [1.807, 2.05) is 43.3 Å². The summed E-state index contributed by atoms with van der Waals surface area (Å²) in [6, 6.07) is 14.8. The van der Waals surface area contributed by atoms with Crippen LogP contribution in [0.1, 0.15) is 12.5 Å². The van der Waals surface area contributed by atoms with Gasteiger partial charge in [-0.05, 0) is 36.8 Å². The topological polar surface area (TPSA) is 59.9 Å². The van der Waals surface area contributed by atoms with Gasteiger partial charge in [-0.1, -0.05) is 40.2 Å². The van der Waals surface area contributed by atoms with E-state index >= 15 is 0 Å². The van der Waals surface area contributed by atoms with Crippen LogP contribution in [-0.4, -0.2) is 25.3 Å². The van der Waals surface area contributed by atoms with Gasteiger partial charge in [0.25, 0.3) is 5.91 Å². The van der Waals surface area contributed by atoms with Crippen LogP contribution in [0, 0.1) is 0 Å². The number of benzene rings is 2. The molecule has 2 aromatic carbocycles. The van der Waals surface area contributed by atoms with Gasteiger partial charge < -0.3 is 9.47 Å². The van der Waals surface area contributed by atoms with E-state index < -0.39 is 0 Å². The zero-order valence-corrected chi connectivity index (χ0v) is 14.2. The fourth-order valence-corrected chi connectivity index (χ4v) is 2.20. The maximum atomic E-state index is 11.7. The standard InChI is InChI=1S/C17H17BrN2O3/c1-2-22-15-8-3-4-9-16(15)23-12-17(21)20-19-11-13-6-5-7-14(18)10-13/h3-11H,2,12H2,1H3,(H,20,21). The van der Waals surface area contributed by atoms with Crippen molar-refractivity contribution in [3.05, 3.63) is 58.6 Å². The SMILES string of the molecule is CCOc1ccccc1OCC(=O)NN=Cc1cccc(Br)c1. The van der Waals surface area contributed by atoms with E-state index in [1.165, 1.54) is 0 Å². The Bertz CT molecular complexity index is 689. The zero-order chi connectivity index (χ0) is 16.5. The maximum absolute atomic E-state index is 11.7. The molecule has 0 aliphatic heterocycles. The molecule has 23 heavy (non-hydrogen) atoms. The number of hydrogen-bond donors (Lipinski definition) is 1. The number of halogens is 1. The molecule has 120 valence electrons. The molecule has 6 heteroatoms. The van der Waals surface area contributed by atoms with Crippen LogP contribution < -0.4 is 14.9 Å². The van der Waals surface area contributed by atoms with Crippen molar-refractivity contribution < 1.29 is 14.3 Å². The van der Waals surface area contributed by atoms with Gasteiger partial charge in [0.2, 0.25) is 0 Å². The number of rotatable bonds is 7. The summed E-state index contributed by atoms with van der Waals surface area (Å²) in [7, 11) is 0. The molecule has 0 radical (unpaired) electrons. The number of amides is 1. The van der Waals surface area contributed by atoms with Crippen molar-refractivity contribution in [2.75, 3.05) is 13.2 Å². The van der Waals surface area contributed by atoms with E-state index in [-0.39, 0.29) is 12.5 Å². The van der Waals surface area contributed by atoms with Gasteiger partial charge in [0, 0.05) is 4.47 Å². The highest BCUT2D eigenvalue weighted by Crippen LogP contribution is 2.26. The molecule has 0 aliphatic rings. The first-order valence-corrected chi connectivity index (χ1v) is 7.90. The van der Waals surface area contributed by atoms with Crippen LogP contribution in [0.5, 0.6) is 11.5 Å². The van der Waals surface area contributed by atoms with Gasteiger partial charge in [0.05, 0.1) is 12.8 Å². The van der Waals surface area contributed by atoms with Crippen LogP contribution in [0.2, 0.25) is 0 Å². The number of nitrogens with one attached hydrogen (secondary N) is 1. The minimum Gasteiger partial charge on any atom is -0.490 e. The smallest absolute Gasteiger partial charge is 0.277 e. The number of ether oxygens (including phenoxy) is 2. The van der Waals surface area contributed by atoms with Crippen LogP contribution in [0.3, 0.4) is 0 Å². The molecule has 0 bridgehead atoms. The van der Waals surface area contributed by atoms with Gasteiger partial charge in [0.15, 0.2) is 18.1 Å². The average Bonchev–Trinajstić information content (AvgIpc) is 2.54. The van der Waals surface area contributed by atoms with Gasteiger partial charge in [-0.25, -0.2) is 5.43 Å². The molecule has 0 spiro atoms. The monoisotopic (exact) mass is 376 g/mol. The second kappa shape index (κ2) is 8.95. The number of nitrogens with zero attached hydrogens (tertiary/aromatic N) is 1. The predicted octanol–water partition coefficient (Wildman–Crippen LogP) is 3.38. The fraction of sp³-hybridized carbons (Fsp3) is 0.176. The van der Waals surface area contributed by atoms with Crippen LogP contribution in [0.4, 0.5) is 0 Å². The lowest BCUT2D eigenvalue weighted by Crippen LogP contribution is -2.24. The summed E-state index contributed by atoms with van der Waals surface area (Å²) < 4.78 is 11.8. The predicted molar refractivity (Wildman–Crippen MR) is 93.0 cm³/mol. The molecule has 0 saturated heterocycles. The summed E-state index contributed by atoms with van der Waals surface area (Å²) in [5, 5.41) is 3.90. The van der Waals surface area contributed by atoms with Gasteiger partial charge in [-0.2, -0.15) is 5.10 Å². The van der Waals surface area contributed by atoms with E-state index in [2.05, 4.69) is 26.5 Å². The first kappa shape index (κ1) is 17.0. The number of carbonyl (C=O) groups is 1. The highest BCUT2D eigenvalue weighted by atomic mass is 79.9. The third-order valence-corrected chi connectivity index (χ3v) is 3.25. The summed E-state index contributed by atoms with van der Waals surface area (Å²) >= 11 is 3.37. The Morgan fingerprint density at radius 1 is 1.17 bits per heavy atom. The van der Waals surface area contributed by atoms with Crippen molar-refractivity contribution in [3.8, 4) is 11.5 Å². The lowest BCUT2D eigenvalue weighted by atomic mass is 10.2. The second-order valence-corrected chi connectivity index (χ2v) is 5.43. The van der Waals surface area contributed by atoms with Crippen LogP contribution in [-0.2, 0) is 4.79 Å². The molecule has 0 unspecified atom stereocenters. The zero-order valence-electron chi connectivity index (χ0n) is 12.7. The van der Waals surface area contributed by atoms with Crippen LogP contribution in [0.25, 0.3) is 0 Å². The fourth-order valence-electron chi connectivity index (χ4n) is 1.79. The molecule has 5 nitrogen and oxygen atoms in total. The van der Waals surface area contributed by atoms with Gasteiger partial charge in [-0.3, -0.25) is 4.79 Å². The normalized spacial score (nSPS) is 10.5. The molecular weight excluding hydrogens is 360 g/mol. The molecule has 1 N–H and O–H groups in total. The Morgan fingerprint density at radius 2 is 1.91 bits per heavy atom. The largest absolute Gasteiger partial charge is 0.490 e. The lowest BCUT2D eigenvalue weighted by molar-refractivity contribution is -0.123. The van der Waals surface area contributed by atoms with Crippen molar-refractivity contribution >= 4 is 28.1 Å². The Kier molecular flexibility index (Phi) is 6.62. The average molecular weight is 377 g/mol. The summed E-state index contributed by atoms with van der Waals surface area (Å²) in [5.41, 5.74) is 3.30. The van der Waals surface area contributed by atoms with Crippen molar-refractivity contribution in [3.63, 3.8) is 0 Å². The third-order valence-electron chi connectivity index (χ3n) is 2.76. The van der Waals surface area contributed by atoms with Crippen LogP contribution in [0.15, 0.2) is 58.1 Å². The van der Waals surface area contributed by atoms with Gasteiger partial charge in [-0.15, -0.1) is 0 Å². The second-order valence-electron chi connectivity index (χ2n) is 4.52. The van der Waals surface area contributed by atoms with Gasteiger partial charge in [0.1, 0.15) is 0 Å². The molecule has 2 rings (SSSR count). The highest BCUT2D eigenvalue weighted by molar-refractivity contribution is 9.10.